The highest BCUT2D eigenvalue weighted by atomic mass is 16.4. The Morgan fingerprint density at radius 1 is 0.684 bits per heavy atom. The molecule has 1 aromatic carbocycles. The van der Waals surface area contributed by atoms with Crippen LogP contribution in [-0.2, 0) is 20.8 Å². The van der Waals surface area contributed by atoms with Crippen LogP contribution in [0, 0.1) is 0 Å². The van der Waals surface area contributed by atoms with E-state index in [2.05, 4.69) is 17.6 Å². The van der Waals surface area contributed by atoms with Gasteiger partial charge in [-0.2, -0.15) is 0 Å². The number of carbonyl (C=O) groups is 3. The Balaban J connectivity index is 2.26. The molecule has 1 atom stereocenters. The Bertz CT molecular complexity index is 738. The lowest BCUT2D eigenvalue weighted by Gasteiger charge is -2.19. The number of nitrogens with one attached hydrogen (secondary N) is 2. The van der Waals surface area contributed by atoms with Gasteiger partial charge in [-0.3, -0.25) is 14.4 Å². The number of carboxylic acid groups (broad SMARTS) is 1. The van der Waals surface area contributed by atoms with Gasteiger partial charge in [0.25, 0.3) is 0 Å². The molecule has 1 aromatic rings. The fourth-order valence-electron chi connectivity index (χ4n) is 4.72. The first-order valence-corrected chi connectivity index (χ1v) is 15.4. The highest BCUT2D eigenvalue weighted by Crippen LogP contribution is 2.12. The van der Waals surface area contributed by atoms with Crippen molar-refractivity contribution in [3.8, 4) is 0 Å². The SMILES string of the molecule is CCCCCCCCCCCC(=O)N[C@@H](Cc1ccccc1)C(=O)NCCCCCCCCCCC(=O)O. The molecule has 6 heteroatoms. The fourth-order valence-corrected chi connectivity index (χ4v) is 4.72. The van der Waals surface area contributed by atoms with Crippen LogP contribution < -0.4 is 10.6 Å². The van der Waals surface area contributed by atoms with Crippen molar-refractivity contribution in [3.63, 3.8) is 0 Å². The van der Waals surface area contributed by atoms with Gasteiger partial charge in [0.2, 0.25) is 11.8 Å². The van der Waals surface area contributed by atoms with E-state index in [1.54, 1.807) is 0 Å². The van der Waals surface area contributed by atoms with Crippen molar-refractivity contribution in [2.24, 2.45) is 0 Å². The molecular weight excluding hydrogens is 476 g/mol. The summed E-state index contributed by atoms with van der Waals surface area (Å²) in [6.45, 7) is 2.86. The van der Waals surface area contributed by atoms with Crippen molar-refractivity contribution in [2.45, 2.75) is 141 Å². The first-order chi connectivity index (χ1) is 18.5. The molecule has 0 aliphatic rings. The van der Waals surface area contributed by atoms with E-state index in [0.29, 0.717) is 19.4 Å². The second-order valence-electron chi connectivity index (χ2n) is 10.7. The van der Waals surface area contributed by atoms with Crippen molar-refractivity contribution < 1.29 is 19.5 Å². The minimum Gasteiger partial charge on any atom is -0.481 e. The molecule has 0 saturated heterocycles. The predicted molar refractivity (Wildman–Crippen MR) is 156 cm³/mol. The minimum atomic E-state index is -0.712. The smallest absolute Gasteiger partial charge is 0.303 e. The molecular formula is C32H54N2O4. The molecule has 0 radical (unpaired) electrons. The van der Waals surface area contributed by atoms with Gasteiger partial charge >= 0.3 is 5.97 Å². The van der Waals surface area contributed by atoms with Crippen LogP contribution in [0.3, 0.4) is 0 Å². The topological polar surface area (TPSA) is 95.5 Å². The number of aliphatic carboxylic acids is 1. The van der Waals surface area contributed by atoms with E-state index in [0.717, 1.165) is 69.8 Å². The third kappa shape index (κ3) is 19.7. The zero-order valence-corrected chi connectivity index (χ0v) is 24.0. The number of hydrogen-bond acceptors (Lipinski definition) is 3. The number of rotatable bonds is 25. The molecule has 3 N–H and O–H groups in total. The number of amides is 2. The summed E-state index contributed by atoms with van der Waals surface area (Å²) in [6.07, 6.45) is 20.4. The zero-order chi connectivity index (χ0) is 27.7. The molecule has 0 aliphatic heterocycles. The average Bonchev–Trinajstić information content (AvgIpc) is 2.90. The first kappa shape index (κ1) is 33.7. The summed E-state index contributed by atoms with van der Waals surface area (Å²) in [5, 5.41) is 14.7. The van der Waals surface area contributed by atoms with Crippen molar-refractivity contribution in [1.82, 2.24) is 10.6 Å². The molecule has 0 bridgehead atoms. The van der Waals surface area contributed by atoms with E-state index in [-0.39, 0.29) is 18.2 Å². The monoisotopic (exact) mass is 530 g/mol. The first-order valence-electron chi connectivity index (χ1n) is 15.4. The van der Waals surface area contributed by atoms with Crippen LogP contribution >= 0.6 is 0 Å². The van der Waals surface area contributed by atoms with E-state index < -0.39 is 12.0 Å². The van der Waals surface area contributed by atoms with Crippen LogP contribution in [0.2, 0.25) is 0 Å². The van der Waals surface area contributed by atoms with Crippen molar-refractivity contribution in [1.29, 1.82) is 0 Å². The van der Waals surface area contributed by atoms with Gasteiger partial charge in [0.1, 0.15) is 6.04 Å². The molecule has 38 heavy (non-hydrogen) atoms. The molecule has 216 valence electrons. The lowest BCUT2D eigenvalue weighted by atomic mass is 10.0. The van der Waals surface area contributed by atoms with Crippen molar-refractivity contribution in [3.05, 3.63) is 35.9 Å². The molecule has 0 aromatic heterocycles. The quantitative estimate of drug-likeness (QED) is 0.115. The molecule has 0 heterocycles. The maximum Gasteiger partial charge on any atom is 0.303 e. The lowest BCUT2D eigenvalue weighted by Crippen LogP contribution is -2.48. The Morgan fingerprint density at radius 3 is 1.74 bits per heavy atom. The van der Waals surface area contributed by atoms with E-state index in [9.17, 15) is 14.4 Å². The number of benzene rings is 1. The van der Waals surface area contributed by atoms with E-state index in [4.69, 9.17) is 5.11 Å². The van der Waals surface area contributed by atoms with Gasteiger partial charge in [-0.1, -0.05) is 127 Å². The maximum absolute atomic E-state index is 12.9. The van der Waals surface area contributed by atoms with Gasteiger partial charge in [-0.15, -0.1) is 0 Å². The number of unbranched alkanes of at least 4 members (excludes halogenated alkanes) is 15. The second kappa shape index (κ2) is 23.7. The molecule has 0 saturated carbocycles. The highest BCUT2D eigenvalue weighted by molar-refractivity contribution is 5.87. The minimum absolute atomic E-state index is 0.0348. The molecule has 0 aliphatic carbocycles. The fraction of sp³-hybridized carbons (Fsp3) is 0.719. The maximum atomic E-state index is 12.9. The Labute approximate surface area is 231 Å². The summed E-state index contributed by atoms with van der Waals surface area (Å²) in [5.74, 6) is -0.850. The normalized spacial score (nSPS) is 11.7. The molecule has 1 rings (SSSR count). The third-order valence-corrected chi connectivity index (χ3v) is 7.06. The van der Waals surface area contributed by atoms with Crippen molar-refractivity contribution in [2.75, 3.05) is 6.54 Å². The van der Waals surface area contributed by atoms with Gasteiger partial charge in [0, 0.05) is 25.8 Å². The zero-order valence-electron chi connectivity index (χ0n) is 24.0. The summed E-state index contributed by atoms with van der Waals surface area (Å²) in [5.41, 5.74) is 1.04. The van der Waals surface area contributed by atoms with Crippen LogP contribution in [-0.4, -0.2) is 35.5 Å². The molecule has 0 spiro atoms. The number of hydrogen-bond donors (Lipinski definition) is 3. The van der Waals surface area contributed by atoms with Gasteiger partial charge in [0.15, 0.2) is 0 Å². The summed E-state index contributed by atoms with van der Waals surface area (Å²) >= 11 is 0. The van der Waals surface area contributed by atoms with Crippen LogP contribution in [0.25, 0.3) is 0 Å². The van der Waals surface area contributed by atoms with Gasteiger partial charge < -0.3 is 15.7 Å². The standard InChI is InChI=1S/C32H54N2O4/c1-2-3-4-5-6-7-10-13-19-24-30(35)34-29(27-28-22-17-16-18-23-28)32(38)33-26-21-15-12-9-8-11-14-20-25-31(36)37/h16-18,22-23,29H,2-15,19-21,24-27H2,1H3,(H,33,38)(H,34,35)(H,36,37)/t29-/m0/s1. The number of carbonyl (C=O) groups excluding carboxylic acids is 2. The predicted octanol–water partition coefficient (Wildman–Crippen LogP) is 7.35. The van der Waals surface area contributed by atoms with E-state index in [1.165, 1.54) is 44.9 Å². The number of carboxylic acids is 1. The average molecular weight is 531 g/mol. The summed E-state index contributed by atoms with van der Waals surface area (Å²) in [6, 6.07) is 9.32. The molecule has 2 amide bonds. The second-order valence-corrected chi connectivity index (χ2v) is 10.7. The summed E-state index contributed by atoms with van der Waals surface area (Å²) in [4.78, 5) is 36.1. The molecule has 0 fully saturated rings. The summed E-state index contributed by atoms with van der Waals surface area (Å²) < 4.78 is 0. The largest absolute Gasteiger partial charge is 0.481 e. The van der Waals surface area contributed by atoms with Gasteiger partial charge in [0.05, 0.1) is 0 Å². The van der Waals surface area contributed by atoms with Gasteiger partial charge in [-0.25, -0.2) is 0 Å². The lowest BCUT2D eigenvalue weighted by molar-refractivity contribution is -0.137. The van der Waals surface area contributed by atoms with Crippen LogP contribution in [0.5, 0.6) is 0 Å². The molecule has 0 unspecified atom stereocenters. The van der Waals surface area contributed by atoms with Crippen LogP contribution in [0.1, 0.15) is 134 Å². The van der Waals surface area contributed by atoms with Crippen LogP contribution in [0.4, 0.5) is 0 Å². The van der Waals surface area contributed by atoms with Crippen LogP contribution in [0.15, 0.2) is 30.3 Å². The van der Waals surface area contributed by atoms with Crippen molar-refractivity contribution >= 4 is 17.8 Å². The molecule has 6 nitrogen and oxygen atoms in total. The summed E-state index contributed by atoms with van der Waals surface area (Å²) in [7, 11) is 0. The third-order valence-electron chi connectivity index (χ3n) is 7.06. The van der Waals surface area contributed by atoms with E-state index >= 15 is 0 Å². The Hall–Kier alpha value is -2.37. The van der Waals surface area contributed by atoms with E-state index in [1.807, 2.05) is 30.3 Å². The Kier molecular flexibility index (Phi) is 21.0. The highest BCUT2D eigenvalue weighted by Gasteiger charge is 2.20. The Morgan fingerprint density at radius 2 is 1.18 bits per heavy atom. The van der Waals surface area contributed by atoms with Gasteiger partial charge in [-0.05, 0) is 24.8 Å².